The minimum atomic E-state index is -4.66. The second-order valence-corrected chi connectivity index (χ2v) is 6.68. The molecule has 168 valence electrons. The fourth-order valence-corrected chi connectivity index (χ4v) is 3.05. The van der Waals surface area contributed by atoms with Gasteiger partial charge in [-0.1, -0.05) is 12.1 Å². The molecular weight excluding hydrogens is 458 g/mol. The van der Waals surface area contributed by atoms with Gasteiger partial charge in [-0.05, 0) is 12.1 Å². The van der Waals surface area contributed by atoms with Gasteiger partial charge in [0.2, 0.25) is 5.95 Å². The standard InChI is InChI=1S/C14H11F4N5O7S/c1-28-8(24)6-4-2-3-5-7(6)31(26,27)23-12(25)19-11-20-13(29-9(15)16)22-14(21-11)30-10(17)18/h2-5,9-10H,1H3,(H2,19,20,21,22,23,25). The van der Waals surface area contributed by atoms with Crippen LogP contribution in [0.25, 0.3) is 0 Å². The Kier molecular flexibility index (Phi) is 7.46. The lowest BCUT2D eigenvalue weighted by Gasteiger charge is -2.11. The predicted octanol–water partition coefficient (Wildman–Crippen LogP) is 1.37. The molecule has 0 saturated heterocycles. The minimum absolute atomic E-state index is 0.397. The molecule has 1 aromatic carbocycles. The van der Waals surface area contributed by atoms with Crippen LogP contribution in [0.2, 0.25) is 0 Å². The van der Waals surface area contributed by atoms with Gasteiger partial charge in [-0.15, -0.1) is 4.98 Å². The van der Waals surface area contributed by atoms with E-state index in [1.54, 1.807) is 5.32 Å². The number of methoxy groups -OCH3 is 1. The number of nitrogens with zero attached hydrogens (tertiary/aromatic N) is 3. The number of urea groups is 1. The number of aromatic nitrogens is 3. The highest BCUT2D eigenvalue weighted by Gasteiger charge is 2.25. The lowest BCUT2D eigenvalue weighted by molar-refractivity contribution is -0.0643. The molecular formula is C14H11F4N5O7S. The second-order valence-electron chi connectivity index (χ2n) is 5.03. The first-order valence-corrected chi connectivity index (χ1v) is 9.17. The maximum absolute atomic E-state index is 12.4. The van der Waals surface area contributed by atoms with Crippen molar-refractivity contribution in [2.24, 2.45) is 0 Å². The Hall–Kier alpha value is -3.76. The molecule has 0 spiro atoms. The van der Waals surface area contributed by atoms with Crippen molar-refractivity contribution < 1.29 is 49.8 Å². The van der Waals surface area contributed by atoms with Gasteiger partial charge in [0.1, 0.15) is 4.90 Å². The molecule has 0 saturated carbocycles. The highest BCUT2D eigenvalue weighted by atomic mass is 32.2. The van der Waals surface area contributed by atoms with Crippen LogP contribution in [-0.2, 0) is 14.8 Å². The first-order chi connectivity index (χ1) is 14.5. The van der Waals surface area contributed by atoms with E-state index in [4.69, 9.17) is 0 Å². The second kappa shape index (κ2) is 9.83. The van der Waals surface area contributed by atoms with Crippen LogP contribution in [0.5, 0.6) is 12.0 Å². The number of carbonyl (C=O) groups excluding carboxylic acids is 2. The molecule has 0 aliphatic heterocycles. The highest BCUT2D eigenvalue weighted by molar-refractivity contribution is 7.90. The zero-order valence-corrected chi connectivity index (χ0v) is 15.9. The van der Waals surface area contributed by atoms with Gasteiger partial charge in [-0.2, -0.15) is 27.5 Å². The van der Waals surface area contributed by atoms with Crippen LogP contribution in [0.15, 0.2) is 29.2 Å². The Labute approximate surface area is 170 Å². The van der Waals surface area contributed by atoms with Crippen molar-refractivity contribution >= 4 is 28.0 Å². The van der Waals surface area contributed by atoms with Gasteiger partial charge >= 0.3 is 37.2 Å². The lowest BCUT2D eigenvalue weighted by atomic mass is 10.2. The number of anilines is 1. The topological polar surface area (TPSA) is 159 Å². The number of sulfonamides is 1. The summed E-state index contributed by atoms with van der Waals surface area (Å²) in [5.74, 6) is -1.98. The largest absolute Gasteiger partial charge is 0.465 e. The average molecular weight is 469 g/mol. The molecule has 0 unspecified atom stereocenters. The molecule has 0 fully saturated rings. The summed E-state index contributed by atoms with van der Waals surface area (Å²) < 4.78 is 87.7. The van der Waals surface area contributed by atoms with Gasteiger partial charge in [0.25, 0.3) is 10.0 Å². The molecule has 31 heavy (non-hydrogen) atoms. The lowest BCUT2D eigenvalue weighted by Crippen LogP contribution is -2.35. The number of alkyl halides is 4. The number of amides is 2. The molecule has 2 aromatic rings. The van der Waals surface area contributed by atoms with E-state index in [0.717, 1.165) is 19.2 Å². The van der Waals surface area contributed by atoms with Crippen molar-refractivity contribution in [3.05, 3.63) is 29.8 Å². The Bertz CT molecular complexity index is 1040. The van der Waals surface area contributed by atoms with E-state index in [-0.39, 0.29) is 0 Å². The first kappa shape index (κ1) is 23.5. The third-order valence-corrected chi connectivity index (χ3v) is 4.41. The number of ether oxygens (including phenoxy) is 3. The van der Waals surface area contributed by atoms with Crippen LogP contribution < -0.4 is 19.5 Å². The van der Waals surface area contributed by atoms with Gasteiger partial charge in [0.05, 0.1) is 12.7 Å². The van der Waals surface area contributed by atoms with Crippen molar-refractivity contribution in [3.8, 4) is 12.0 Å². The smallest absolute Gasteiger partial charge is 0.389 e. The summed E-state index contributed by atoms with van der Waals surface area (Å²) in [5.41, 5.74) is -0.397. The molecule has 2 amide bonds. The van der Waals surface area contributed by atoms with E-state index in [1.165, 1.54) is 16.9 Å². The van der Waals surface area contributed by atoms with Crippen LogP contribution in [0, 0.1) is 0 Å². The fraction of sp³-hybridized carbons (Fsp3) is 0.214. The molecule has 1 aromatic heterocycles. The molecule has 0 aliphatic carbocycles. The first-order valence-electron chi connectivity index (χ1n) is 7.68. The zero-order valence-electron chi connectivity index (χ0n) is 15.1. The van der Waals surface area contributed by atoms with Gasteiger partial charge < -0.3 is 14.2 Å². The summed E-state index contributed by atoms with van der Waals surface area (Å²) >= 11 is 0. The normalized spacial score (nSPS) is 11.2. The van der Waals surface area contributed by atoms with Crippen molar-refractivity contribution in [2.45, 2.75) is 18.1 Å². The van der Waals surface area contributed by atoms with Crippen molar-refractivity contribution in [2.75, 3.05) is 12.4 Å². The van der Waals surface area contributed by atoms with E-state index in [2.05, 4.69) is 29.2 Å². The molecule has 0 radical (unpaired) electrons. The highest BCUT2D eigenvalue weighted by Crippen LogP contribution is 2.18. The summed E-state index contributed by atoms with van der Waals surface area (Å²) in [6.45, 7) is -6.92. The zero-order chi connectivity index (χ0) is 23.2. The maximum atomic E-state index is 12.4. The molecule has 12 nitrogen and oxygen atoms in total. The van der Waals surface area contributed by atoms with Crippen LogP contribution in [0.4, 0.5) is 28.3 Å². The van der Waals surface area contributed by atoms with Crippen LogP contribution >= 0.6 is 0 Å². The SMILES string of the molecule is COC(=O)c1ccccc1S(=O)(=O)NC(=O)Nc1nc(OC(F)F)nc(OC(F)F)n1. The number of hydrogen-bond acceptors (Lipinski definition) is 10. The predicted molar refractivity (Wildman–Crippen MR) is 90.2 cm³/mol. The number of rotatable bonds is 8. The Morgan fingerprint density at radius 1 is 0.968 bits per heavy atom. The number of carbonyl (C=O) groups is 2. The molecule has 2 rings (SSSR count). The number of nitrogens with one attached hydrogen (secondary N) is 2. The van der Waals surface area contributed by atoms with Gasteiger partial charge in [-0.3, -0.25) is 5.32 Å². The van der Waals surface area contributed by atoms with E-state index in [9.17, 15) is 35.6 Å². The van der Waals surface area contributed by atoms with E-state index in [1.807, 2.05) is 0 Å². The summed E-state index contributed by atoms with van der Waals surface area (Å²) in [7, 11) is -3.66. The van der Waals surface area contributed by atoms with Crippen molar-refractivity contribution in [1.82, 2.24) is 19.7 Å². The third kappa shape index (κ3) is 6.63. The summed E-state index contributed by atoms with van der Waals surface area (Å²) in [6.07, 6.45) is 0. The molecule has 0 aliphatic rings. The number of hydrogen-bond donors (Lipinski definition) is 2. The van der Waals surface area contributed by atoms with Gasteiger partial charge in [0.15, 0.2) is 0 Å². The minimum Gasteiger partial charge on any atom is -0.465 e. The number of esters is 1. The summed E-state index contributed by atoms with van der Waals surface area (Å²) in [4.78, 5) is 32.5. The van der Waals surface area contributed by atoms with Crippen molar-refractivity contribution in [3.63, 3.8) is 0 Å². The Morgan fingerprint density at radius 3 is 2.03 bits per heavy atom. The quantitative estimate of drug-likeness (QED) is 0.427. The van der Waals surface area contributed by atoms with Crippen LogP contribution in [0.1, 0.15) is 10.4 Å². The average Bonchev–Trinajstić information content (AvgIpc) is 2.65. The van der Waals surface area contributed by atoms with E-state index in [0.29, 0.717) is 0 Å². The fourth-order valence-electron chi connectivity index (χ4n) is 1.94. The molecule has 2 N–H and O–H groups in total. The number of benzene rings is 1. The van der Waals surface area contributed by atoms with E-state index < -0.39 is 63.7 Å². The molecule has 1 heterocycles. The van der Waals surface area contributed by atoms with Crippen LogP contribution in [0.3, 0.4) is 0 Å². The number of halogens is 4. The van der Waals surface area contributed by atoms with Crippen LogP contribution in [-0.4, -0.2) is 55.7 Å². The van der Waals surface area contributed by atoms with Crippen molar-refractivity contribution in [1.29, 1.82) is 0 Å². The van der Waals surface area contributed by atoms with Gasteiger partial charge in [0, 0.05) is 0 Å². The molecule has 0 atom stereocenters. The summed E-state index contributed by atoms with van der Waals surface area (Å²) in [5, 5.41) is 1.70. The monoisotopic (exact) mass is 469 g/mol. The molecule has 0 bridgehead atoms. The Balaban J connectivity index is 2.26. The third-order valence-electron chi connectivity index (χ3n) is 3.02. The van der Waals surface area contributed by atoms with Gasteiger partial charge in [-0.25, -0.2) is 22.7 Å². The van der Waals surface area contributed by atoms with E-state index >= 15 is 0 Å². The maximum Gasteiger partial charge on any atom is 0.389 e. The molecule has 17 heteroatoms. The summed E-state index contributed by atoms with van der Waals surface area (Å²) in [6, 6.07) is 0.764. The Morgan fingerprint density at radius 2 is 1.52 bits per heavy atom.